The summed E-state index contributed by atoms with van der Waals surface area (Å²) in [5, 5.41) is 2.95. The Morgan fingerprint density at radius 3 is 2.74 bits per heavy atom. The molecule has 1 amide bonds. The molecule has 124 valence electrons. The van der Waals surface area contributed by atoms with Crippen molar-refractivity contribution in [2.75, 3.05) is 6.61 Å². The van der Waals surface area contributed by atoms with E-state index in [2.05, 4.69) is 5.32 Å². The Hall–Kier alpha value is -1.88. The normalized spacial score (nSPS) is 29.3. The van der Waals surface area contributed by atoms with E-state index in [1.165, 1.54) is 0 Å². The standard InChI is InChI=1S/C18H23NO4/c1-17(2)12-18(8-9-22-17)14(10-15(20)23-18)16(21)19-11-13-6-4-3-5-7-13/h3-7,14H,8-12H2,1-2H3,(H,19,21)/t14-,18-/m0/s1. The lowest BCUT2D eigenvalue weighted by atomic mass is 9.75. The minimum absolute atomic E-state index is 0.114. The van der Waals surface area contributed by atoms with Gasteiger partial charge in [-0.05, 0) is 19.4 Å². The summed E-state index contributed by atoms with van der Waals surface area (Å²) in [6, 6.07) is 9.74. The van der Waals surface area contributed by atoms with Crippen molar-refractivity contribution in [1.82, 2.24) is 5.32 Å². The van der Waals surface area contributed by atoms with Gasteiger partial charge in [-0.15, -0.1) is 0 Å². The first-order valence-corrected chi connectivity index (χ1v) is 8.08. The fourth-order valence-electron chi connectivity index (χ4n) is 3.68. The molecule has 2 fully saturated rings. The van der Waals surface area contributed by atoms with Crippen molar-refractivity contribution >= 4 is 11.9 Å². The minimum atomic E-state index is -0.723. The lowest BCUT2D eigenvalue weighted by Crippen LogP contribution is -2.52. The van der Waals surface area contributed by atoms with Crippen molar-refractivity contribution in [3.63, 3.8) is 0 Å². The molecule has 1 N–H and O–H groups in total. The number of hydrogen-bond donors (Lipinski definition) is 1. The summed E-state index contributed by atoms with van der Waals surface area (Å²) in [5.74, 6) is -0.846. The molecular formula is C18H23NO4. The minimum Gasteiger partial charge on any atom is -0.458 e. The SMILES string of the molecule is CC1(C)C[C@]2(CCO1)OC(=O)C[C@H]2C(=O)NCc1ccccc1. The lowest BCUT2D eigenvalue weighted by Gasteiger charge is -2.43. The van der Waals surface area contributed by atoms with E-state index in [1.54, 1.807) is 0 Å². The average molecular weight is 317 g/mol. The molecule has 1 spiro atoms. The summed E-state index contributed by atoms with van der Waals surface area (Å²) in [4.78, 5) is 24.5. The summed E-state index contributed by atoms with van der Waals surface area (Å²) < 4.78 is 11.4. The van der Waals surface area contributed by atoms with Crippen LogP contribution in [-0.4, -0.2) is 29.7 Å². The van der Waals surface area contributed by atoms with Crippen LogP contribution in [0.5, 0.6) is 0 Å². The zero-order valence-electron chi connectivity index (χ0n) is 13.6. The molecule has 5 heteroatoms. The summed E-state index contributed by atoms with van der Waals surface area (Å²) in [6.07, 6.45) is 1.28. The highest BCUT2D eigenvalue weighted by Crippen LogP contribution is 2.45. The Labute approximate surface area is 136 Å². The number of carbonyl (C=O) groups excluding carboxylic acids is 2. The number of hydrogen-bond acceptors (Lipinski definition) is 4. The molecule has 2 aliphatic rings. The van der Waals surface area contributed by atoms with Gasteiger partial charge in [-0.25, -0.2) is 0 Å². The molecule has 2 heterocycles. The highest BCUT2D eigenvalue weighted by atomic mass is 16.6. The molecule has 23 heavy (non-hydrogen) atoms. The molecule has 2 saturated heterocycles. The van der Waals surface area contributed by atoms with Crippen LogP contribution in [0.15, 0.2) is 30.3 Å². The van der Waals surface area contributed by atoms with Gasteiger partial charge in [0.1, 0.15) is 5.60 Å². The van der Waals surface area contributed by atoms with Crippen LogP contribution in [0.4, 0.5) is 0 Å². The van der Waals surface area contributed by atoms with Gasteiger partial charge in [-0.3, -0.25) is 9.59 Å². The molecule has 0 aromatic heterocycles. The largest absolute Gasteiger partial charge is 0.458 e. The van der Waals surface area contributed by atoms with Gasteiger partial charge < -0.3 is 14.8 Å². The fourth-order valence-corrected chi connectivity index (χ4v) is 3.68. The Kier molecular flexibility index (Phi) is 4.15. The molecule has 2 aliphatic heterocycles. The number of nitrogens with one attached hydrogen (secondary N) is 1. The van der Waals surface area contributed by atoms with Crippen LogP contribution in [-0.2, 0) is 25.6 Å². The topological polar surface area (TPSA) is 64.6 Å². The Morgan fingerprint density at radius 1 is 1.30 bits per heavy atom. The van der Waals surface area contributed by atoms with Crippen LogP contribution in [0.2, 0.25) is 0 Å². The zero-order chi connectivity index (χ0) is 16.5. The molecule has 0 unspecified atom stereocenters. The van der Waals surface area contributed by atoms with E-state index in [-0.39, 0.29) is 23.9 Å². The summed E-state index contributed by atoms with van der Waals surface area (Å²) in [7, 11) is 0. The van der Waals surface area contributed by atoms with Crippen molar-refractivity contribution in [3.8, 4) is 0 Å². The molecule has 5 nitrogen and oxygen atoms in total. The number of esters is 1. The Balaban J connectivity index is 1.71. The number of carbonyl (C=O) groups is 2. The van der Waals surface area contributed by atoms with Gasteiger partial charge in [0, 0.05) is 19.4 Å². The second kappa shape index (κ2) is 5.96. The number of amides is 1. The molecule has 1 aromatic carbocycles. The van der Waals surface area contributed by atoms with Crippen molar-refractivity contribution in [2.24, 2.45) is 5.92 Å². The first kappa shape index (κ1) is 16.0. The highest BCUT2D eigenvalue weighted by molar-refractivity contribution is 5.87. The Bertz CT molecular complexity index is 598. The monoisotopic (exact) mass is 317 g/mol. The summed E-state index contributed by atoms with van der Waals surface area (Å²) in [6.45, 7) is 4.90. The zero-order valence-corrected chi connectivity index (χ0v) is 13.6. The molecule has 1 aromatic rings. The van der Waals surface area contributed by atoms with Gasteiger partial charge in [0.2, 0.25) is 5.91 Å². The van der Waals surface area contributed by atoms with Gasteiger partial charge in [0.05, 0.1) is 24.5 Å². The maximum absolute atomic E-state index is 12.7. The van der Waals surface area contributed by atoms with E-state index in [1.807, 2.05) is 44.2 Å². The van der Waals surface area contributed by atoms with Gasteiger partial charge in [0.25, 0.3) is 0 Å². The molecular weight excluding hydrogens is 294 g/mol. The fraction of sp³-hybridized carbons (Fsp3) is 0.556. The molecule has 0 bridgehead atoms. The highest BCUT2D eigenvalue weighted by Gasteiger charge is 2.56. The van der Waals surface area contributed by atoms with Crippen molar-refractivity contribution in [1.29, 1.82) is 0 Å². The maximum Gasteiger partial charge on any atom is 0.307 e. The third kappa shape index (κ3) is 3.39. The third-order valence-corrected chi connectivity index (χ3v) is 4.69. The number of rotatable bonds is 3. The van der Waals surface area contributed by atoms with Crippen LogP contribution in [0.3, 0.4) is 0 Å². The van der Waals surface area contributed by atoms with Gasteiger partial charge in [-0.2, -0.15) is 0 Å². The van der Waals surface area contributed by atoms with Crippen LogP contribution < -0.4 is 5.32 Å². The smallest absolute Gasteiger partial charge is 0.307 e. The van der Waals surface area contributed by atoms with Crippen LogP contribution >= 0.6 is 0 Å². The number of benzene rings is 1. The van der Waals surface area contributed by atoms with E-state index < -0.39 is 11.5 Å². The van der Waals surface area contributed by atoms with Crippen LogP contribution in [0, 0.1) is 5.92 Å². The van der Waals surface area contributed by atoms with Gasteiger partial charge in [0.15, 0.2) is 0 Å². The van der Waals surface area contributed by atoms with Crippen molar-refractivity contribution in [3.05, 3.63) is 35.9 Å². The first-order chi connectivity index (χ1) is 10.9. The molecule has 3 rings (SSSR count). The van der Waals surface area contributed by atoms with E-state index >= 15 is 0 Å². The maximum atomic E-state index is 12.7. The molecule has 0 radical (unpaired) electrons. The predicted octanol–water partition coefficient (Wildman–Crippen LogP) is 2.19. The second-order valence-electron chi connectivity index (χ2n) is 7.03. The summed E-state index contributed by atoms with van der Waals surface area (Å²) in [5.41, 5.74) is -0.0760. The third-order valence-electron chi connectivity index (χ3n) is 4.69. The molecule has 0 saturated carbocycles. The average Bonchev–Trinajstić information content (AvgIpc) is 2.80. The lowest BCUT2D eigenvalue weighted by molar-refractivity contribution is -0.179. The summed E-state index contributed by atoms with van der Waals surface area (Å²) >= 11 is 0. The van der Waals surface area contributed by atoms with E-state index in [0.29, 0.717) is 26.0 Å². The quantitative estimate of drug-likeness (QED) is 0.868. The Morgan fingerprint density at radius 2 is 2.04 bits per heavy atom. The predicted molar refractivity (Wildman–Crippen MR) is 84.5 cm³/mol. The van der Waals surface area contributed by atoms with E-state index in [0.717, 1.165) is 5.56 Å². The first-order valence-electron chi connectivity index (χ1n) is 8.08. The van der Waals surface area contributed by atoms with Crippen molar-refractivity contribution < 1.29 is 19.1 Å². The van der Waals surface area contributed by atoms with Gasteiger partial charge >= 0.3 is 5.97 Å². The number of ether oxygens (including phenoxy) is 2. The van der Waals surface area contributed by atoms with Crippen molar-refractivity contribution in [2.45, 2.75) is 50.9 Å². The van der Waals surface area contributed by atoms with Crippen LogP contribution in [0.25, 0.3) is 0 Å². The van der Waals surface area contributed by atoms with Gasteiger partial charge in [-0.1, -0.05) is 30.3 Å². The van der Waals surface area contributed by atoms with E-state index in [9.17, 15) is 9.59 Å². The molecule has 2 atom stereocenters. The van der Waals surface area contributed by atoms with Crippen LogP contribution in [0.1, 0.15) is 38.7 Å². The second-order valence-corrected chi connectivity index (χ2v) is 7.03. The molecule has 0 aliphatic carbocycles. The van der Waals surface area contributed by atoms with E-state index in [4.69, 9.17) is 9.47 Å².